The summed E-state index contributed by atoms with van der Waals surface area (Å²) in [5.41, 5.74) is 3.54. The summed E-state index contributed by atoms with van der Waals surface area (Å²) in [5, 5.41) is 4.33. The number of carbonyl (C=O) groups excluding carboxylic acids is 2. The van der Waals surface area contributed by atoms with E-state index in [1.807, 2.05) is 61.2 Å². The van der Waals surface area contributed by atoms with E-state index in [4.69, 9.17) is 4.74 Å². The van der Waals surface area contributed by atoms with Crippen LogP contribution in [0.15, 0.2) is 60.8 Å². The molecule has 2 bridgehead atoms. The highest BCUT2D eigenvalue weighted by atomic mass is 16.5. The number of amides is 2. The zero-order chi connectivity index (χ0) is 23.4. The second kappa shape index (κ2) is 9.90. The van der Waals surface area contributed by atoms with E-state index in [1.165, 1.54) is 0 Å². The number of nitrogens with zero attached hydrogens (tertiary/aromatic N) is 4. The SMILES string of the molecule is Cc1ccnn1C(C)C(=O)N1CCCOc2ccccc2C(=O)N(C)Cc2cccc(c2)C1. The molecular weight excluding hydrogens is 416 g/mol. The lowest BCUT2D eigenvalue weighted by Crippen LogP contribution is -2.37. The average molecular weight is 447 g/mol. The van der Waals surface area contributed by atoms with E-state index in [0.29, 0.717) is 44.0 Å². The van der Waals surface area contributed by atoms with Crippen molar-refractivity contribution in [3.8, 4) is 5.75 Å². The lowest BCUT2D eigenvalue weighted by atomic mass is 10.1. The van der Waals surface area contributed by atoms with Gasteiger partial charge in [0.15, 0.2) is 0 Å². The van der Waals surface area contributed by atoms with Gasteiger partial charge in [-0.1, -0.05) is 36.4 Å². The highest BCUT2D eigenvalue weighted by Gasteiger charge is 2.24. The first kappa shape index (κ1) is 22.6. The number of para-hydroxylation sites is 1. The van der Waals surface area contributed by atoms with Gasteiger partial charge in [-0.25, -0.2) is 0 Å². The van der Waals surface area contributed by atoms with E-state index in [1.54, 1.807) is 28.9 Å². The molecule has 2 aromatic carbocycles. The maximum Gasteiger partial charge on any atom is 0.257 e. The van der Waals surface area contributed by atoms with E-state index in [2.05, 4.69) is 11.2 Å². The van der Waals surface area contributed by atoms with Gasteiger partial charge >= 0.3 is 0 Å². The number of fused-ring (bicyclic) bond motifs is 3. The van der Waals surface area contributed by atoms with Crippen LogP contribution in [0.2, 0.25) is 0 Å². The van der Waals surface area contributed by atoms with Crippen molar-refractivity contribution in [3.63, 3.8) is 0 Å². The van der Waals surface area contributed by atoms with Crippen molar-refractivity contribution < 1.29 is 14.3 Å². The molecule has 0 N–H and O–H groups in total. The largest absolute Gasteiger partial charge is 0.493 e. The fourth-order valence-corrected chi connectivity index (χ4v) is 4.23. The van der Waals surface area contributed by atoms with E-state index in [0.717, 1.165) is 16.8 Å². The van der Waals surface area contributed by atoms with Crippen LogP contribution in [0.5, 0.6) is 5.75 Å². The Labute approximate surface area is 194 Å². The number of benzene rings is 2. The third-order valence-electron chi connectivity index (χ3n) is 5.98. The Morgan fingerprint density at radius 1 is 1.06 bits per heavy atom. The van der Waals surface area contributed by atoms with Crippen molar-refractivity contribution in [1.29, 1.82) is 0 Å². The Bertz CT molecular complexity index is 1140. The topological polar surface area (TPSA) is 67.7 Å². The number of carbonyl (C=O) groups is 2. The molecule has 0 aliphatic carbocycles. The van der Waals surface area contributed by atoms with Gasteiger partial charge in [0.05, 0.1) is 12.2 Å². The first-order valence-electron chi connectivity index (χ1n) is 11.3. The predicted octanol–water partition coefficient (Wildman–Crippen LogP) is 3.84. The fourth-order valence-electron chi connectivity index (χ4n) is 4.23. The van der Waals surface area contributed by atoms with Crippen LogP contribution >= 0.6 is 0 Å². The highest BCUT2D eigenvalue weighted by Crippen LogP contribution is 2.22. The lowest BCUT2D eigenvalue weighted by molar-refractivity contribution is -0.135. The van der Waals surface area contributed by atoms with Gasteiger partial charge in [-0.15, -0.1) is 0 Å². The first-order chi connectivity index (χ1) is 15.9. The first-order valence-corrected chi connectivity index (χ1v) is 11.3. The van der Waals surface area contributed by atoms with Crippen LogP contribution < -0.4 is 4.74 Å². The molecule has 172 valence electrons. The Hall–Kier alpha value is -3.61. The zero-order valence-electron chi connectivity index (χ0n) is 19.4. The molecule has 0 radical (unpaired) electrons. The lowest BCUT2D eigenvalue weighted by Gasteiger charge is -2.27. The molecule has 1 atom stereocenters. The number of aryl methyl sites for hydroxylation is 1. The molecular formula is C26H30N4O3. The van der Waals surface area contributed by atoms with Crippen LogP contribution in [0.4, 0.5) is 0 Å². The van der Waals surface area contributed by atoms with Crippen LogP contribution in [-0.2, 0) is 17.9 Å². The standard InChI is InChI=1S/C26H30N4O3/c1-19-12-13-27-30(19)20(2)25(31)29-14-7-15-33-24-11-5-4-10-23(24)26(32)28(3)17-21-8-6-9-22(16-21)18-29/h4-6,8-13,16,20H,7,14-15,17-18H2,1-3H3. The van der Waals surface area contributed by atoms with Gasteiger partial charge in [-0.05, 0) is 49.6 Å². The van der Waals surface area contributed by atoms with Gasteiger partial charge in [-0.2, -0.15) is 5.10 Å². The molecule has 7 nitrogen and oxygen atoms in total. The van der Waals surface area contributed by atoms with Crippen molar-refractivity contribution in [2.24, 2.45) is 0 Å². The van der Waals surface area contributed by atoms with Gasteiger partial charge in [0.25, 0.3) is 5.91 Å². The molecule has 33 heavy (non-hydrogen) atoms. The van der Waals surface area contributed by atoms with Crippen molar-refractivity contribution >= 4 is 11.8 Å². The smallest absolute Gasteiger partial charge is 0.257 e. The molecule has 1 aliphatic heterocycles. The summed E-state index contributed by atoms with van der Waals surface area (Å²) in [7, 11) is 1.79. The molecule has 3 aromatic rings. The van der Waals surface area contributed by atoms with Gasteiger partial charge in [0.2, 0.25) is 5.91 Å². The minimum Gasteiger partial charge on any atom is -0.493 e. The molecule has 0 saturated heterocycles. The van der Waals surface area contributed by atoms with E-state index < -0.39 is 6.04 Å². The van der Waals surface area contributed by atoms with Crippen molar-refractivity contribution in [3.05, 3.63) is 83.2 Å². The highest BCUT2D eigenvalue weighted by molar-refractivity contribution is 5.96. The van der Waals surface area contributed by atoms with Gasteiger partial charge in [-0.3, -0.25) is 14.3 Å². The summed E-state index contributed by atoms with van der Waals surface area (Å²) >= 11 is 0. The normalized spacial score (nSPS) is 15.9. The number of hydrogen-bond acceptors (Lipinski definition) is 4. The summed E-state index contributed by atoms with van der Waals surface area (Å²) in [6.07, 6.45) is 2.36. The molecule has 0 fully saturated rings. The summed E-state index contributed by atoms with van der Waals surface area (Å²) in [5.74, 6) is 0.513. The van der Waals surface area contributed by atoms with Crippen LogP contribution in [0, 0.1) is 6.92 Å². The third kappa shape index (κ3) is 5.08. The quantitative estimate of drug-likeness (QED) is 0.600. The van der Waals surface area contributed by atoms with Crippen LogP contribution in [0.3, 0.4) is 0 Å². The summed E-state index contributed by atoms with van der Waals surface area (Å²) in [4.78, 5) is 30.1. The van der Waals surface area contributed by atoms with E-state index in [-0.39, 0.29) is 11.8 Å². The summed E-state index contributed by atoms with van der Waals surface area (Å²) in [6, 6.07) is 16.9. The van der Waals surface area contributed by atoms with Gasteiger partial charge < -0.3 is 14.5 Å². The third-order valence-corrected chi connectivity index (χ3v) is 5.98. The average Bonchev–Trinajstić information content (AvgIpc) is 3.25. The summed E-state index contributed by atoms with van der Waals surface area (Å²) in [6.45, 7) is 5.75. The summed E-state index contributed by atoms with van der Waals surface area (Å²) < 4.78 is 7.74. The molecule has 0 saturated carbocycles. The number of rotatable bonds is 2. The molecule has 0 spiro atoms. The molecule has 1 unspecified atom stereocenters. The second-order valence-electron chi connectivity index (χ2n) is 8.53. The molecule has 4 rings (SSSR count). The molecule has 7 heteroatoms. The monoisotopic (exact) mass is 446 g/mol. The van der Waals surface area contributed by atoms with E-state index in [9.17, 15) is 9.59 Å². The second-order valence-corrected chi connectivity index (χ2v) is 8.53. The Kier molecular flexibility index (Phi) is 6.77. The maximum absolute atomic E-state index is 13.4. The Balaban J connectivity index is 1.63. The fraction of sp³-hybridized carbons (Fsp3) is 0.346. The molecule has 1 aromatic heterocycles. The minimum atomic E-state index is -0.396. The van der Waals surface area contributed by atoms with Crippen LogP contribution in [0.1, 0.15) is 46.6 Å². The molecule has 2 heterocycles. The minimum absolute atomic E-state index is 0.0204. The maximum atomic E-state index is 13.4. The van der Waals surface area contributed by atoms with Gasteiger partial charge in [0, 0.05) is 38.6 Å². The Morgan fingerprint density at radius 2 is 1.82 bits per heavy atom. The predicted molar refractivity (Wildman–Crippen MR) is 126 cm³/mol. The number of aromatic nitrogens is 2. The van der Waals surface area contributed by atoms with Crippen LogP contribution in [-0.4, -0.2) is 51.6 Å². The number of ether oxygens (including phenoxy) is 1. The van der Waals surface area contributed by atoms with Crippen molar-refractivity contribution in [2.45, 2.75) is 39.4 Å². The van der Waals surface area contributed by atoms with Crippen LogP contribution in [0.25, 0.3) is 0 Å². The van der Waals surface area contributed by atoms with Crippen molar-refractivity contribution in [2.75, 3.05) is 20.2 Å². The van der Waals surface area contributed by atoms with Gasteiger partial charge in [0.1, 0.15) is 11.8 Å². The molecule has 2 amide bonds. The van der Waals surface area contributed by atoms with Crippen molar-refractivity contribution in [1.82, 2.24) is 19.6 Å². The zero-order valence-corrected chi connectivity index (χ0v) is 19.4. The number of hydrogen-bond donors (Lipinski definition) is 0. The Morgan fingerprint density at radius 3 is 2.58 bits per heavy atom. The molecule has 1 aliphatic rings. The van der Waals surface area contributed by atoms with E-state index >= 15 is 0 Å².